The van der Waals surface area contributed by atoms with Crippen molar-refractivity contribution in [3.8, 4) is 0 Å². The van der Waals surface area contributed by atoms with Crippen LogP contribution in [0.4, 0.5) is 0 Å². The number of nitrogens with one attached hydrogen (secondary N) is 1. The summed E-state index contributed by atoms with van der Waals surface area (Å²) in [5, 5.41) is 8.70. The zero-order chi connectivity index (χ0) is 19.4. The molecule has 1 N–H and O–H groups in total. The Morgan fingerprint density at radius 2 is 2.04 bits per heavy atom. The third-order valence-electron chi connectivity index (χ3n) is 5.31. The van der Waals surface area contributed by atoms with Crippen LogP contribution in [0.2, 0.25) is 5.02 Å². The Balaban J connectivity index is 1.73. The van der Waals surface area contributed by atoms with Crippen LogP contribution in [0.25, 0.3) is 6.08 Å². The average molecular weight is 387 g/mol. The number of nitrogens with zero attached hydrogens (tertiary/aromatic N) is 3. The highest BCUT2D eigenvalue weighted by Crippen LogP contribution is 2.20. The number of hydrogen-bond donors (Lipinski definition) is 1. The molecular formula is C21H27ClN4O. The summed E-state index contributed by atoms with van der Waals surface area (Å²) >= 11 is 6.27. The van der Waals surface area contributed by atoms with Gasteiger partial charge in [-0.15, -0.1) is 0 Å². The third kappa shape index (κ3) is 4.60. The molecule has 1 aliphatic rings. The van der Waals surface area contributed by atoms with Crippen LogP contribution in [0.1, 0.15) is 35.4 Å². The maximum Gasteiger partial charge on any atom is 0.246 e. The molecule has 1 aromatic carbocycles. The molecule has 6 heteroatoms. The molecular weight excluding hydrogens is 360 g/mol. The van der Waals surface area contributed by atoms with Gasteiger partial charge in [-0.3, -0.25) is 9.48 Å². The molecule has 5 nitrogen and oxygen atoms in total. The maximum absolute atomic E-state index is 12.6. The van der Waals surface area contributed by atoms with Crippen molar-refractivity contribution in [1.29, 1.82) is 0 Å². The lowest BCUT2D eigenvalue weighted by atomic mass is 10.1. The topological polar surface area (TPSA) is 50.2 Å². The smallest absolute Gasteiger partial charge is 0.246 e. The van der Waals surface area contributed by atoms with E-state index in [1.54, 1.807) is 6.08 Å². The number of hydrogen-bond acceptors (Lipinski definition) is 3. The first kappa shape index (κ1) is 19.6. The van der Waals surface area contributed by atoms with Crippen LogP contribution in [-0.2, 0) is 11.3 Å². The molecule has 3 rings (SSSR count). The lowest BCUT2D eigenvalue weighted by molar-refractivity contribution is -0.127. The van der Waals surface area contributed by atoms with Gasteiger partial charge in [0.05, 0.1) is 12.2 Å². The van der Waals surface area contributed by atoms with Crippen molar-refractivity contribution >= 4 is 23.6 Å². The predicted molar refractivity (Wildman–Crippen MR) is 110 cm³/mol. The number of likely N-dealkylation sites (N-methyl/N-ethyl adjacent to an activating group) is 1. The highest BCUT2D eigenvalue weighted by atomic mass is 35.5. The number of aryl methyl sites for hydroxylation is 1. The molecule has 1 amide bonds. The fraction of sp³-hybridized carbons (Fsp3) is 0.429. The van der Waals surface area contributed by atoms with E-state index in [0.717, 1.165) is 53.5 Å². The standard InChI is InChI=1S/C21H27ClN4O/c1-15-19(8-9-21(27)25(3)18-10-12-23-13-11-18)16(2)26(24-15)14-17-6-4-5-7-20(17)22/h4-9,18,23H,10-14H2,1-3H3. The van der Waals surface area contributed by atoms with Gasteiger partial charge in [0.1, 0.15) is 0 Å². The van der Waals surface area contributed by atoms with Crippen molar-refractivity contribution in [1.82, 2.24) is 20.0 Å². The minimum Gasteiger partial charge on any atom is -0.339 e. The van der Waals surface area contributed by atoms with E-state index in [2.05, 4.69) is 10.4 Å². The molecule has 0 aliphatic carbocycles. The Morgan fingerprint density at radius 1 is 1.33 bits per heavy atom. The van der Waals surface area contributed by atoms with Crippen LogP contribution in [0.15, 0.2) is 30.3 Å². The zero-order valence-electron chi connectivity index (χ0n) is 16.2. The van der Waals surface area contributed by atoms with Gasteiger partial charge in [0, 0.05) is 35.4 Å². The number of carbonyl (C=O) groups is 1. The van der Waals surface area contributed by atoms with Crippen LogP contribution >= 0.6 is 11.6 Å². The number of carbonyl (C=O) groups excluding carboxylic acids is 1. The highest BCUT2D eigenvalue weighted by molar-refractivity contribution is 6.31. The summed E-state index contributed by atoms with van der Waals surface area (Å²) in [5.41, 5.74) is 3.96. The molecule has 0 saturated carbocycles. The second kappa shape index (κ2) is 8.72. The second-order valence-electron chi connectivity index (χ2n) is 7.10. The van der Waals surface area contributed by atoms with E-state index in [1.165, 1.54) is 0 Å². The maximum atomic E-state index is 12.6. The molecule has 0 spiro atoms. The van der Waals surface area contributed by atoms with Gasteiger partial charge in [0.25, 0.3) is 0 Å². The van der Waals surface area contributed by atoms with Gasteiger partial charge in [-0.05, 0) is 57.5 Å². The molecule has 27 heavy (non-hydrogen) atoms. The molecule has 1 saturated heterocycles. The Labute approximate surface area is 166 Å². The molecule has 1 fully saturated rings. The summed E-state index contributed by atoms with van der Waals surface area (Å²) in [6.45, 7) is 6.55. The van der Waals surface area contributed by atoms with Gasteiger partial charge in [0.2, 0.25) is 5.91 Å². The second-order valence-corrected chi connectivity index (χ2v) is 7.50. The normalized spacial score (nSPS) is 15.4. The van der Waals surface area contributed by atoms with Crippen molar-refractivity contribution in [2.24, 2.45) is 0 Å². The van der Waals surface area contributed by atoms with Gasteiger partial charge in [-0.25, -0.2) is 0 Å². The monoisotopic (exact) mass is 386 g/mol. The van der Waals surface area contributed by atoms with Gasteiger partial charge in [-0.2, -0.15) is 5.10 Å². The number of halogens is 1. The third-order valence-corrected chi connectivity index (χ3v) is 5.68. The first-order chi connectivity index (χ1) is 13.0. The summed E-state index contributed by atoms with van der Waals surface area (Å²) in [5.74, 6) is 0.0413. The van der Waals surface area contributed by atoms with Crippen LogP contribution in [0.3, 0.4) is 0 Å². The lowest BCUT2D eigenvalue weighted by Gasteiger charge is -2.30. The summed E-state index contributed by atoms with van der Waals surface area (Å²) < 4.78 is 1.94. The van der Waals surface area contributed by atoms with E-state index in [1.807, 2.05) is 60.8 Å². The minimum atomic E-state index is 0.0413. The number of aromatic nitrogens is 2. The van der Waals surface area contributed by atoms with Gasteiger partial charge >= 0.3 is 0 Å². The fourth-order valence-electron chi connectivity index (χ4n) is 3.54. The van der Waals surface area contributed by atoms with E-state index in [-0.39, 0.29) is 5.91 Å². The SMILES string of the molecule is Cc1nn(Cc2ccccc2Cl)c(C)c1C=CC(=O)N(C)C1CCNCC1. The molecule has 1 aliphatic heterocycles. The summed E-state index contributed by atoms with van der Waals surface area (Å²) in [7, 11) is 1.89. The van der Waals surface area contributed by atoms with Crippen molar-refractivity contribution in [3.05, 3.63) is 57.9 Å². The summed E-state index contributed by atoms with van der Waals surface area (Å²) in [6, 6.07) is 8.10. The minimum absolute atomic E-state index is 0.0413. The van der Waals surface area contributed by atoms with Crippen molar-refractivity contribution in [2.75, 3.05) is 20.1 Å². The van der Waals surface area contributed by atoms with Gasteiger partial charge < -0.3 is 10.2 Å². The van der Waals surface area contributed by atoms with Crippen molar-refractivity contribution < 1.29 is 4.79 Å². The Kier molecular flexibility index (Phi) is 6.34. The number of amides is 1. The zero-order valence-corrected chi connectivity index (χ0v) is 17.0. The van der Waals surface area contributed by atoms with Crippen LogP contribution in [0.5, 0.6) is 0 Å². The molecule has 0 atom stereocenters. The number of piperidine rings is 1. The lowest BCUT2D eigenvalue weighted by Crippen LogP contribution is -2.43. The molecule has 0 bridgehead atoms. The predicted octanol–water partition coefficient (Wildman–Crippen LogP) is 3.43. The molecule has 2 aromatic rings. The number of benzene rings is 1. The first-order valence-electron chi connectivity index (χ1n) is 9.40. The highest BCUT2D eigenvalue weighted by Gasteiger charge is 2.20. The molecule has 1 aromatic heterocycles. The van der Waals surface area contributed by atoms with Crippen LogP contribution in [-0.4, -0.2) is 46.8 Å². The van der Waals surface area contributed by atoms with E-state index in [0.29, 0.717) is 12.6 Å². The first-order valence-corrected chi connectivity index (χ1v) is 9.78. The summed E-state index contributed by atoms with van der Waals surface area (Å²) in [6.07, 6.45) is 5.56. The molecule has 0 unspecified atom stereocenters. The Hall–Kier alpha value is -2.11. The van der Waals surface area contributed by atoms with Gasteiger partial charge in [0.15, 0.2) is 0 Å². The Bertz CT molecular complexity index is 837. The van der Waals surface area contributed by atoms with E-state index in [4.69, 9.17) is 11.6 Å². The molecule has 2 heterocycles. The van der Waals surface area contributed by atoms with E-state index < -0.39 is 0 Å². The quantitative estimate of drug-likeness (QED) is 0.801. The van der Waals surface area contributed by atoms with Gasteiger partial charge in [-0.1, -0.05) is 29.8 Å². The van der Waals surface area contributed by atoms with Crippen LogP contribution in [0, 0.1) is 13.8 Å². The van der Waals surface area contributed by atoms with Crippen molar-refractivity contribution in [3.63, 3.8) is 0 Å². The molecule has 144 valence electrons. The average Bonchev–Trinajstić information content (AvgIpc) is 2.94. The van der Waals surface area contributed by atoms with E-state index in [9.17, 15) is 4.79 Å². The van der Waals surface area contributed by atoms with Crippen LogP contribution < -0.4 is 5.32 Å². The largest absolute Gasteiger partial charge is 0.339 e. The fourth-order valence-corrected chi connectivity index (χ4v) is 3.74. The molecule has 0 radical (unpaired) electrons. The Morgan fingerprint density at radius 3 is 2.74 bits per heavy atom. The number of rotatable bonds is 5. The van der Waals surface area contributed by atoms with E-state index >= 15 is 0 Å². The summed E-state index contributed by atoms with van der Waals surface area (Å²) in [4.78, 5) is 14.4. The van der Waals surface area contributed by atoms with Crippen molar-refractivity contribution in [2.45, 2.75) is 39.3 Å².